The summed E-state index contributed by atoms with van der Waals surface area (Å²) in [4.78, 5) is 0.769. The van der Waals surface area contributed by atoms with Crippen LogP contribution in [0.15, 0.2) is 12.1 Å². The van der Waals surface area contributed by atoms with E-state index >= 15 is 0 Å². The smallest absolute Gasteiger partial charge is 0.200 e. The molecule has 0 saturated carbocycles. The summed E-state index contributed by atoms with van der Waals surface area (Å²) in [5.41, 5.74) is -0.881. The molecule has 1 unspecified atom stereocenters. The molecular weight excluding hydrogens is 309 g/mol. The van der Waals surface area contributed by atoms with Crippen LogP contribution in [0.4, 0.5) is 22.0 Å². The molecule has 1 N–H and O–H groups in total. The van der Waals surface area contributed by atoms with Gasteiger partial charge in [-0.05, 0) is 25.6 Å². The highest BCUT2D eigenvalue weighted by atomic mass is 32.1. The number of thiophene rings is 1. The van der Waals surface area contributed by atoms with Gasteiger partial charge in [0, 0.05) is 15.8 Å². The van der Waals surface area contributed by atoms with Crippen LogP contribution < -0.4 is 5.32 Å². The Hall–Kier alpha value is -1.47. The van der Waals surface area contributed by atoms with Crippen LogP contribution in [0.1, 0.15) is 24.3 Å². The van der Waals surface area contributed by atoms with E-state index in [0.717, 1.165) is 22.6 Å². The average Bonchev–Trinajstić information content (AvgIpc) is 2.94. The van der Waals surface area contributed by atoms with Gasteiger partial charge in [-0.2, -0.15) is 0 Å². The van der Waals surface area contributed by atoms with Crippen molar-refractivity contribution >= 4 is 11.3 Å². The second kappa shape index (κ2) is 6.11. The van der Waals surface area contributed by atoms with Crippen molar-refractivity contribution in [3.63, 3.8) is 0 Å². The van der Waals surface area contributed by atoms with Crippen LogP contribution in [0.2, 0.25) is 0 Å². The molecule has 0 amide bonds. The Bertz CT molecular complexity index is 635. The molecule has 0 aliphatic carbocycles. The Morgan fingerprint density at radius 3 is 1.95 bits per heavy atom. The fraction of sp³-hybridized carbons (Fsp3) is 0.286. The van der Waals surface area contributed by atoms with Crippen molar-refractivity contribution in [3.05, 3.63) is 46.1 Å². The zero-order chi connectivity index (χ0) is 15.7. The molecule has 1 nitrogen and oxygen atoms in total. The predicted molar refractivity (Wildman–Crippen MR) is 71.6 cm³/mol. The highest BCUT2D eigenvalue weighted by Crippen LogP contribution is 2.37. The van der Waals surface area contributed by atoms with Crippen molar-refractivity contribution in [2.24, 2.45) is 0 Å². The van der Waals surface area contributed by atoms with E-state index in [0.29, 0.717) is 0 Å². The van der Waals surface area contributed by atoms with Gasteiger partial charge in [0.05, 0.1) is 5.56 Å². The third kappa shape index (κ3) is 2.67. The van der Waals surface area contributed by atoms with Gasteiger partial charge in [0.25, 0.3) is 0 Å². The topological polar surface area (TPSA) is 12.0 Å². The lowest BCUT2D eigenvalue weighted by molar-refractivity contribution is 0.381. The number of nitrogens with one attached hydrogen (secondary N) is 1. The predicted octanol–water partition coefficient (Wildman–Crippen LogP) is 4.78. The zero-order valence-corrected chi connectivity index (χ0v) is 12.1. The standard InChI is InChI=1S/C14H12F5NS/c1-3-6(20-2)7-4-5-8(21-7)9-10(15)12(17)14(19)13(18)11(9)16/h4-6,20H,3H2,1-2H3. The monoisotopic (exact) mass is 321 g/mol. The fourth-order valence-corrected chi connectivity index (χ4v) is 3.28. The Balaban J connectivity index is 2.58. The maximum absolute atomic E-state index is 13.7. The van der Waals surface area contributed by atoms with E-state index in [1.165, 1.54) is 6.07 Å². The van der Waals surface area contributed by atoms with Crippen LogP contribution >= 0.6 is 11.3 Å². The molecule has 2 aromatic rings. The number of halogens is 5. The first-order chi connectivity index (χ1) is 9.92. The second-order valence-corrected chi connectivity index (χ2v) is 5.51. The molecule has 1 aromatic heterocycles. The normalized spacial score (nSPS) is 12.7. The van der Waals surface area contributed by atoms with Crippen LogP contribution in [-0.2, 0) is 0 Å². The SMILES string of the molecule is CCC(NC)c1ccc(-c2c(F)c(F)c(F)c(F)c2F)s1. The maximum Gasteiger partial charge on any atom is 0.200 e. The first kappa shape index (κ1) is 15.9. The van der Waals surface area contributed by atoms with Crippen LogP contribution in [0.25, 0.3) is 10.4 Å². The molecule has 0 saturated heterocycles. The Morgan fingerprint density at radius 2 is 1.48 bits per heavy atom. The third-order valence-electron chi connectivity index (χ3n) is 3.18. The van der Waals surface area contributed by atoms with Crippen LogP contribution in [0, 0.1) is 29.1 Å². The Labute approximate surface area is 122 Å². The lowest BCUT2D eigenvalue weighted by Crippen LogP contribution is -2.13. The first-order valence-electron chi connectivity index (χ1n) is 6.21. The van der Waals surface area contributed by atoms with Crippen molar-refractivity contribution in [2.75, 3.05) is 7.05 Å². The minimum absolute atomic E-state index is 0.00602. The quantitative estimate of drug-likeness (QED) is 0.485. The van der Waals surface area contributed by atoms with E-state index in [2.05, 4.69) is 5.32 Å². The van der Waals surface area contributed by atoms with Gasteiger partial charge in [-0.3, -0.25) is 0 Å². The van der Waals surface area contributed by atoms with Crippen LogP contribution in [0.3, 0.4) is 0 Å². The first-order valence-corrected chi connectivity index (χ1v) is 7.02. The van der Waals surface area contributed by atoms with Crippen molar-refractivity contribution < 1.29 is 22.0 Å². The summed E-state index contributed by atoms with van der Waals surface area (Å²) in [5, 5.41) is 3.01. The molecule has 0 fully saturated rings. The second-order valence-electron chi connectivity index (χ2n) is 4.40. The highest BCUT2D eigenvalue weighted by Gasteiger charge is 2.27. The molecule has 2 rings (SSSR count). The lowest BCUT2D eigenvalue weighted by atomic mass is 10.1. The molecule has 21 heavy (non-hydrogen) atoms. The van der Waals surface area contributed by atoms with E-state index in [9.17, 15) is 22.0 Å². The maximum atomic E-state index is 13.7. The number of rotatable bonds is 4. The summed E-state index contributed by atoms with van der Waals surface area (Å²) < 4.78 is 66.9. The minimum Gasteiger partial charge on any atom is -0.312 e. The molecule has 0 aliphatic heterocycles. The molecule has 1 heterocycles. The van der Waals surface area contributed by atoms with Gasteiger partial charge in [0.1, 0.15) is 0 Å². The van der Waals surface area contributed by atoms with Crippen molar-refractivity contribution in [2.45, 2.75) is 19.4 Å². The van der Waals surface area contributed by atoms with E-state index in [-0.39, 0.29) is 10.9 Å². The molecule has 0 spiro atoms. The lowest BCUT2D eigenvalue weighted by Gasteiger charge is -2.11. The zero-order valence-electron chi connectivity index (χ0n) is 11.2. The molecular formula is C14H12F5NS. The molecule has 0 aliphatic rings. The fourth-order valence-electron chi connectivity index (χ4n) is 2.04. The Morgan fingerprint density at radius 1 is 0.952 bits per heavy atom. The minimum atomic E-state index is -2.15. The van der Waals surface area contributed by atoms with Crippen molar-refractivity contribution in [1.29, 1.82) is 0 Å². The summed E-state index contributed by atoms with van der Waals surface area (Å²) in [5.74, 6) is -9.62. The molecule has 114 valence electrons. The van der Waals surface area contributed by atoms with E-state index < -0.39 is 34.6 Å². The number of benzene rings is 1. The summed E-state index contributed by atoms with van der Waals surface area (Å²) in [7, 11) is 1.73. The van der Waals surface area contributed by atoms with Crippen molar-refractivity contribution in [3.8, 4) is 10.4 Å². The van der Waals surface area contributed by atoms with Gasteiger partial charge in [-0.1, -0.05) is 6.92 Å². The number of hydrogen-bond acceptors (Lipinski definition) is 2. The third-order valence-corrected chi connectivity index (χ3v) is 4.40. The van der Waals surface area contributed by atoms with Gasteiger partial charge in [-0.15, -0.1) is 11.3 Å². The van der Waals surface area contributed by atoms with Gasteiger partial charge in [0.2, 0.25) is 5.82 Å². The van der Waals surface area contributed by atoms with E-state index in [1.807, 2.05) is 6.92 Å². The summed E-state index contributed by atoms with van der Waals surface area (Å²) >= 11 is 0.997. The van der Waals surface area contributed by atoms with E-state index in [1.54, 1.807) is 13.1 Å². The van der Waals surface area contributed by atoms with Crippen LogP contribution in [-0.4, -0.2) is 7.05 Å². The summed E-state index contributed by atoms with van der Waals surface area (Å²) in [6, 6.07) is 2.94. The van der Waals surface area contributed by atoms with E-state index in [4.69, 9.17) is 0 Å². The molecule has 1 aromatic carbocycles. The molecule has 1 atom stereocenters. The largest absolute Gasteiger partial charge is 0.312 e. The number of hydrogen-bond donors (Lipinski definition) is 1. The van der Waals surface area contributed by atoms with Gasteiger partial charge in [0.15, 0.2) is 23.3 Å². The van der Waals surface area contributed by atoms with Crippen molar-refractivity contribution in [1.82, 2.24) is 5.32 Å². The average molecular weight is 321 g/mol. The molecule has 0 radical (unpaired) electrons. The molecule has 7 heteroatoms. The summed E-state index contributed by atoms with van der Waals surface area (Å²) in [6.07, 6.45) is 0.730. The van der Waals surface area contributed by atoms with Crippen LogP contribution in [0.5, 0.6) is 0 Å². The molecule has 0 bridgehead atoms. The van der Waals surface area contributed by atoms with Gasteiger partial charge < -0.3 is 5.32 Å². The van der Waals surface area contributed by atoms with Gasteiger partial charge in [-0.25, -0.2) is 22.0 Å². The summed E-state index contributed by atoms with van der Waals surface area (Å²) in [6.45, 7) is 1.92. The highest BCUT2D eigenvalue weighted by molar-refractivity contribution is 7.15. The van der Waals surface area contributed by atoms with Gasteiger partial charge >= 0.3 is 0 Å². The Kier molecular flexibility index (Phi) is 4.63.